The Hall–Kier alpha value is -3.90. The lowest BCUT2D eigenvalue weighted by atomic mass is 9.91. The molecule has 10 atom stereocenters. The summed E-state index contributed by atoms with van der Waals surface area (Å²) < 4.78 is 25.9. The van der Waals surface area contributed by atoms with Gasteiger partial charge in [-0.1, -0.05) is 30.3 Å². The van der Waals surface area contributed by atoms with Crippen LogP contribution in [-0.4, -0.2) is 128 Å². The number of methoxy groups -OCH3 is 1. The summed E-state index contributed by atoms with van der Waals surface area (Å²) >= 11 is 0. The predicted octanol–water partition coefficient (Wildman–Crippen LogP) is -1.46. The fourth-order valence-corrected chi connectivity index (χ4v) is 4.78. The number of hydrogen-bond acceptors (Lipinski definition) is 15. The molecular formula is C31H36O15. The highest BCUT2D eigenvalue weighted by molar-refractivity contribution is 5.87. The van der Waals surface area contributed by atoms with Crippen molar-refractivity contribution in [1.82, 2.24) is 0 Å². The van der Waals surface area contributed by atoms with Gasteiger partial charge in [0.15, 0.2) is 17.8 Å². The van der Waals surface area contributed by atoms with Gasteiger partial charge in [0.1, 0.15) is 68.1 Å². The van der Waals surface area contributed by atoms with Gasteiger partial charge in [-0.2, -0.15) is 0 Å². The number of esters is 2. The minimum Gasteiger partial charge on any atom is -0.504 e. The second-order valence-corrected chi connectivity index (χ2v) is 10.6. The average molecular weight is 649 g/mol. The first-order valence-electron chi connectivity index (χ1n) is 14.1. The smallest absolute Gasteiger partial charge is 0.330 e. The first kappa shape index (κ1) is 35.0. The van der Waals surface area contributed by atoms with E-state index in [0.717, 1.165) is 12.2 Å². The van der Waals surface area contributed by atoms with Crippen molar-refractivity contribution in [3.8, 4) is 11.5 Å². The number of benzene rings is 2. The van der Waals surface area contributed by atoms with E-state index >= 15 is 0 Å². The number of aliphatic hydroxyl groups is 7. The Morgan fingerprint density at radius 1 is 0.696 bits per heavy atom. The minimum absolute atomic E-state index is 0.0658. The zero-order valence-corrected chi connectivity index (χ0v) is 24.5. The summed E-state index contributed by atoms with van der Waals surface area (Å²) in [5.74, 6) is -1.45. The maximum Gasteiger partial charge on any atom is 0.330 e. The highest BCUT2D eigenvalue weighted by atomic mass is 16.7. The molecule has 46 heavy (non-hydrogen) atoms. The molecule has 15 nitrogen and oxygen atoms in total. The number of phenols is 1. The number of aliphatic hydroxyl groups excluding tert-OH is 7. The highest BCUT2D eigenvalue weighted by Gasteiger charge is 2.45. The Balaban J connectivity index is 1.30. The third-order valence-electron chi connectivity index (χ3n) is 7.47. The fourth-order valence-electron chi connectivity index (χ4n) is 4.78. The van der Waals surface area contributed by atoms with Crippen LogP contribution in [0.3, 0.4) is 0 Å². The maximum atomic E-state index is 12.3. The van der Waals surface area contributed by atoms with Crippen molar-refractivity contribution in [2.45, 2.75) is 61.2 Å². The van der Waals surface area contributed by atoms with Crippen LogP contribution in [0.15, 0.2) is 54.6 Å². The van der Waals surface area contributed by atoms with Crippen molar-refractivity contribution < 1.29 is 74.1 Å². The van der Waals surface area contributed by atoms with Crippen LogP contribution in [0.4, 0.5) is 0 Å². The normalized spacial score (nSPS) is 31.6. The van der Waals surface area contributed by atoms with Gasteiger partial charge >= 0.3 is 11.9 Å². The average Bonchev–Trinajstić information content (AvgIpc) is 3.05. The van der Waals surface area contributed by atoms with Crippen molar-refractivity contribution in [3.63, 3.8) is 0 Å². The monoisotopic (exact) mass is 648 g/mol. The van der Waals surface area contributed by atoms with Crippen LogP contribution >= 0.6 is 0 Å². The molecule has 15 heteroatoms. The molecular weight excluding hydrogens is 612 g/mol. The zero-order chi connectivity index (χ0) is 33.5. The van der Waals surface area contributed by atoms with Gasteiger partial charge in [0, 0.05) is 12.2 Å². The molecule has 0 aliphatic carbocycles. The van der Waals surface area contributed by atoms with Crippen LogP contribution in [0.5, 0.6) is 11.5 Å². The summed E-state index contributed by atoms with van der Waals surface area (Å²) in [6, 6.07) is 10.7. The van der Waals surface area contributed by atoms with Crippen molar-refractivity contribution in [1.29, 1.82) is 0 Å². The summed E-state index contributed by atoms with van der Waals surface area (Å²) in [4.78, 5) is 24.4. The van der Waals surface area contributed by atoms with Gasteiger partial charge in [0.2, 0.25) is 0 Å². The Kier molecular flexibility index (Phi) is 11.9. The molecule has 2 fully saturated rings. The van der Waals surface area contributed by atoms with E-state index in [1.165, 1.54) is 31.4 Å². The van der Waals surface area contributed by atoms with E-state index in [-0.39, 0.29) is 11.5 Å². The van der Waals surface area contributed by atoms with E-state index < -0.39 is 86.4 Å². The molecule has 0 spiro atoms. The molecule has 2 aromatic carbocycles. The molecule has 2 saturated heterocycles. The summed E-state index contributed by atoms with van der Waals surface area (Å²) in [6.45, 7) is -0.941. The number of carbonyl (C=O) groups is 2. The van der Waals surface area contributed by atoms with E-state index in [2.05, 4.69) is 0 Å². The first-order valence-corrected chi connectivity index (χ1v) is 14.1. The van der Waals surface area contributed by atoms with Crippen molar-refractivity contribution in [2.24, 2.45) is 0 Å². The Morgan fingerprint density at radius 3 is 1.80 bits per heavy atom. The van der Waals surface area contributed by atoms with Crippen molar-refractivity contribution >= 4 is 24.1 Å². The van der Waals surface area contributed by atoms with Crippen LogP contribution in [0, 0.1) is 0 Å². The van der Waals surface area contributed by atoms with Gasteiger partial charge in [-0.05, 0) is 41.0 Å². The maximum absolute atomic E-state index is 12.3. The molecule has 0 bridgehead atoms. The number of phenolic OH excluding ortho intramolecular Hbond substituents is 1. The van der Waals surface area contributed by atoms with Crippen LogP contribution in [0.25, 0.3) is 12.2 Å². The lowest BCUT2D eigenvalue weighted by molar-refractivity contribution is -0.287. The molecule has 8 N–H and O–H groups in total. The molecule has 0 aromatic heterocycles. The van der Waals surface area contributed by atoms with Crippen molar-refractivity contribution in [2.75, 3.05) is 20.3 Å². The van der Waals surface area contributed by atoms with Gasteiger partial charge in [-0.25, -0.2) is 9.59 Å². The quantitative estimate of drug-likeness (QED) is 0.108. The van der Waals surface area contributed by atoms with Gasteiger partial charge in [0.05, 0.1) is 7.11 Å². The fraction of sp³-hybridized carbons (Fsp3) is 0.419. The van der Waals surface area contributed by atoms with Crippen LogP contribution in [-0.2, 0) is 28.5 Å². The molecule has 2 aliphatic rings. The SMILES string of the molecule is COc1cc(/C=C/C(=O)OC[C@H]2O[C@@H](c3ccc(/C=C/C(=O)OC[C@H]4O[C@@H](O)[C@H](O)[C@@H](O)[C@@H]4O)cc3)[C@H](O)[C@@H](O)[C@@H]2O)ccc1O. The molecule has 2 aliphatic heterocycles. The van der Waals surface area contributed by atoms with Gasteiger partial charge in [0.25, 0.3) is 0 Å². The van der Waals surface area contributed by atoms with E-state index in [0.29, 0.717) is 16.7 Å². The van der Waals surface area contributed by atoms with Crippen molar-refractivity contribution in [3.05, 3.63) is 71.3 Å². The molecule has 0 radical (unpaired) electrons. The predicted molar refractivity (Wildman–Crippen MR) is 156 cm³/mol. The second-order valence-electron chi connectivity index (χ2n) is 10.6. The van der Waals surface area contributed by atoms with E-state index in [1.54, 1.807) is 30.3 Å². The second kappa shape index (κ2) is 15.6. The topological polar surface area (TPSA) is 242 Å². The molecule has 0 unspecified atom stereocenters. The van der Waals surface area contributed by atoms with Crippen LogP contribution < -0.4 is 4.74 Å². The number of ether oxygens (including phenoxy) is 5. The Morgan fingerprint density at radius 2 is 1.22 bits per heavy atom. The number of rotatable bonds is 10. The van der Waals surface area contributed by atoms with E-state index in [9.17, 15) is 50.4 Å². The number of hydrogen-bond donors (Lipinski definition) is 8. The zero-order valence-electron chi connectivity index (χ0n) is 24.5. The Labute approximate surface area is 262 Å². The summed E-state index contributed by atoms with van der Waals surface area (Å²) in [7, 11) is 1.38. The third kappa shape index (κ3) is 8.47. The van der Waals surface area contributed by atoms with Gasteiger partial charge in [-0.3, -0.25) is 0 Å². The highest BCUT2D eigenvalue weighted by Crippen LogP contribution is 2.33. The first-order chi connectivity index (χ1) is 21.9. The van der Waals surface area contributed by atoms with Crippen LogP contribution in [0.2, 0.25) is 0 Å². The number of carbonyl (C=O) groups excluding carboxylic acids is 2. The molecule has 0 saturated carbocycles. The third-order valence-corrected chi connectivity index (χ3v) is 7.47. The summed E-state index contributed by atoms with van der Waals surface area (Å²) in [6.07, 6.45) is -9.96. The largest absolute Gasteiger partial charge is 0.504 e. The molecule has 0 amide bonds. The molecule has 250 valence electrons. The summed E-state index contributed by atoms with van der Waals surface area (Å²) in [5, 5.41) is 79.9. The van der Waals surface area contributed by atoms with E-state index in [4.69, 9.17) is 23.7 Å². The lowest BCUT2D eigenvalue weighted by Gasteiger charge is -2.40. The van der Waals surface area contributed by atoms with Gasteiger partial charge < -0.3 is 64.5 Å². The van der Waals surface area contributed by atoms with Crippen LogP contribution in [0.1, 0.15) is 22.8 Å². The molecule has 2 heterocycles. The van der Waals surface area contributed by atoms with E-state index in [1.807, 2.05) is 0 Å². The Bertz CT molecular complexity index is 1390. The lowest BCUT2D eigenvalue weighted by Crippen LogP contribution is -2.58. The summed E-state index contributed by atoms with van der Waals surface area (Å²) in [5.41, 5.74) is 1.49. The molecule has 4 rings (SSSR count). The minimum atomic E-state index is -1.76. The van der Waals surface area contributed by atoms with Gasteiger partial charge in [-0.15, -0.1) is 0 Å². The standard InChI is InChI=1S/C31H36O15/c1-42-19-12-16(4-9-18(19)32)6-11-23(34)43-13-20-24(35)26(37)28(39)30(45-20)17-7-2-15(3-8-17)5-10-22(33)44-14-21-25(36)27(38)29(40)31(41)46-21/h2-12,20-21,24-32,35-41H,13-14H2,1H3/b10-5+,11-6+/t20-,21-,24-,25-,26+,27+,28-,29-,30+,31-/m1/s1. The molecule has 2 aromatic rings. The number of aromatic hydroxyl groups is 1.